The molecule has 0 unspecified atom stereocenters. The molecule has 3 rings (SSSR count). The van der Waals surface area contributed by atoms with E-state index in [0.717, 1.165) is 31.7 Å². The smallest absolute Gasteiger partial charge is 0.243 e. The largest absolute Gasteiger partial charge is 0.372 e. The zero-order chi connectivity index (χ0) is 17.5. The van der Waals surface area contributed by atoms with Gasteiger partial charge in [-0.15, -0.1) is 21.6 Å². The summed E-state index contributed by atoms with van der Waals surface area (Å²) < 4.78 is 4.28. The number of anilines is 1. The van der Waals surface area contributed by atoms with Crippen LogP contribution in [-0.4, -0.2) is 22.6 Å². The highest BCUT2D eigenvalue weighted by Gasteiger charge is 2.06. The summed E-state index contributed by atoms with van der Waals surface area (Å²) in [5, 5.41) is 10.9. The van der Waals surface area contributed by atoms with Gasteiger partial charge < -0.3 is 4.90 Å². The van der Waals surface area contributed by atoms with Crippen LogP contribution in [0.25, 0.3) is 0 Å². The fourth-order valence-electron chi connectivity index (χ4n) is 2.64. The van der Waals surface area contributed by atoms with Crippen molar-refractivity contribution >= 4 is 27.8 Å². The third-order valence-electron chi connectivity index (χ3n) is 3.93. The maximum absolute atomic E-state index is 4.23. The van der Waals surface area contributed by atoms with Crippen LogP contribution in [-0.2, 0) is 13.6 Å². The summed E-state index contributed by atoms with van der Waals surface area (Å²) in [6.45, 7) is 5.22. The van der Waals surface area contributed by atoms with Crippen molar-refractivity contribution in [3.05, 3.63) is 54.6 Å². The van der Waals surface area contributed by atoms with E-state index in [1.54, 1.807) is 6.20 Å². The molecule has 0 amide bonds. The summed E-state index contributed by atoms with van der Waals surface area (Å²) >= 11 is 1.48. The fraction of sp³-hybridized carbons (Fsp3) is 0.333. The fourth-order valence-corrected chi connectivity index (χ4v) is 3.10. The molecule has 130 valence electrons. The first-order chi connectivity index (χ1) is 12.2. The van der Waals surface area contributed by atoms with Gasteiger partial charge in [0.15, 0.2) is 0 Å². The first-order valence-corrected chi connectivity index (χ1v) is 9.30. The summed E-state index contributed by atoms with van der Waals surface area (Å²) in [5.41, 5.74) is 2.06. The molecule has 0 saturated carbocycles. The first-order valence-electron chi connectivity index (χ1n) is 8.42. The van der Waals surface area contributed by atoms with Crippen LogP contribution in [0.3, 0.4) is 0 Å². The number of azo groups is 1. The van der Waals surface area contributed by atoms with Crippen molar-refractivity contribution in [2.45, 2.75) is 19.9 Å². The van der Waals surface area contributed by atoms with Crippen LogP contribution in [0.4, 0.5) is 16.5 Å². The molecule has 0 bridgehead atoms. The van der Waals surface area contributed by atoms with Crippen molar-refractivity contribution in [2.24, 2.45) is 17.3 Å². The van der Waals surface area contributed by atoms with E-state index >= 15 is 0 Å². The van der Waals surface area contributed by atoms with E-state index in [1.807, 2.05) is 24.6 Å². The molecule has 2 heterocycles. The van der Waals surface area contributed by atoms with E-state index < -0.39 is 0 Å². The number of aromatic nitrogens is 3. The zero-order valence-corrected chi connectivity index (χ0v) is 15.4. The Hall–Kier alpha value is -2.54. The molecule has 0 N–H and O–H groups in total. The third-order valence-corrected chi connectivity index (χ3v) is 4.59. The molecule has 1 aromatic carbocycles. The van der Waals surface area contributed by atoms with Crippen LogP contribution < -0.4 is 9.47 Å². The van der Waals surface area contributed by atoms with Gasteiger partial charge in [0, 0.05) is 36.8 Å². The minimum Gasteiger partial charge on any atom is -0.372 e. The number of aryl methyl sites for hydroxylation is 2. The van der Waals surface area contributed by atoms with Crippen LogP contribution in [0.15, 0.2) is 64.8 Å². The average molecular weight is 355 g/mol. The standard InChI is InChI=1S/C18H23N6S/c1-3-24(11-4-10-23-13-12-22(2)15-23)17-7-5-16(6-8-17)20-21-18-19-9-14-25-18/h5-9,12-15H,3-4,10-11H2,1-2H3/q+1/b21-20+. The Bertz CT molecular complexity index is 791. The van der Waals surface area contributed by atoms with Crippen LogP contribution in [0.1, 0.15) is 13.3 Å². The van der Waals surface area contributed by atoms with Gasteiger partial charge in [0.05, 0.1) is 19.3 Å². The number of imidazole rings is 1. The van der Waals surface area contributed by atoms with Gasteiger partial charge in [-0.05, 0) is 31.2 Å². The van der Waals surface area contributed by atoms with Crippen molar-refractivity contribution < 1.29 is 4.57 Å². The van der Waals surface area contributed by atoms with Crippen molar-refractivity contribution in [3.63, 3.8) is 0 Å². The van der Waals surface area contributed by atoms with Crippen LogP contribution in [0.2, 0.25) is 0 Å². The van der Waals surface area contributed by atoms with E-state index in [-0.39, 0.29) is 0 Å². The lowest BCUT2D eigenvalue weighted by Gasteiger charge is -2.22. The number of thiazole rings is 1. The summed E-state index contributed by atoms with van der Waals surface area (Å²) in [5.74, 6) is 0. The second kappa shape index (κ2) is 8.53. The van der Waals surface area contributed by atoms with E-state index in [0.29, 0.717) is 5.13 Å². The third kappa shape index (κ3) is 4.96. The molecule has 3 aromatic rings. The van der Waals surface area contributed by atoms with Gasteiger partial charge >= 0.3 is 0 Å². The summed E-state index contributed by atoms with van der Waals surface area (Å²) in [4.78, 5) is 6.48. The second-order valence-corrected chi connectivity index (χ2v) is 6.65. The molecule has 0 radical (unpaired) electrons. The SMILES string of the molecule is CCN(CCCn1cc[n+](C)c1)c1ccc(/N=N/c2nccs2)cc1. The van der Waals surface area contributed by atoms with Gasteiger partial charge in [-0.2, -0.15) is 0 Å². The Kier molecular flexibility index (Phi) is 5.90. The highest BCUT2D eigenvalue weighted by atomic mass is 32.1. The molecule has 6 nitrogen and oxygen atoms in total. The van der Waals surface area contributed by atoms with Crippen LogP contribution in [0.5, 0.6) is 0 Å². The highest BCUT2D eigenvalue weighted by molar-refractivity contribution is 7.13. The molecule has 0 aliphatic rings. The topological polar surface area (TPSA) is 49.7 Å². The molecular weight excluding hydrogens is 332 g/mol. The van der Waals surface area contributed by atoms with Crippen molar-refractivity contribution in [3.8, 4) is 0 Å². The predicted molar refractivity (Wildman–Crippen MR) is 101 cm³/mol. The number of benzene rings is 1. The molecule has 0 aliphatic carbocycles. The maximum Gasteiger partial charge on any atom is 0.243 e. The minimum absolute atomic E-state index is 0.678. The lowest BCUT2D eigenvalue weighted by molar-refractivity contribution is -0.671. The second-order valence-electron chi connectivity index (χ2n) is 5.78. The molecular formula is C18H23N6S+. The van der Waals surface area contributed by atoms with Gasteiger partial charge in [0.2, 0.25) is 11.5 Å². The first kappa shape index (κ1) is 17.3. The summed E-state index contributed by atoms with van der Waals surface area (Å²) in [6, 6.07) is 8.22. The Morgan fingerprint density at radius 2 is 2.08 bits per heavy atom. The highest BCUT2D eigenvalue weighted by Crippen LogP contribution is 2.23. The number of hydrogen-bond acceptors (Lipinski definition) is 5. The van der Waals surface area contributed by atoms with Gasteiger partial charge in [-0.25, -0.2) is 14.1 Å². The van der Waals surface area contributed by atoms with E-state index in [9.17, 15) is 0 Å². The summed E-state index contributed by atoms with van der Waals surface area (Å²) in [7, 11) is 2.04. The number of nitrogens with zero attached hydrogens (tertiary/aromatic N) is 6. The van der Waals surface area contributed by atoms with Gasteiger partial charge in [-0.3, -0.25) is 0 Å². The normalized spacial score (nSPS) is 11.3. The van der Waals surface area contributed by atoms with E-state index in [1.165, 1.54) is 17.0 Å². The molecule has 2 aromatic heterocycles. The predicted octanol–water partition coefficient (Wildman–Crippen LogP) is 4.10. The minimum atomic E-state index is 0.678. The Labute approximate surface area is 152 Å². The van der Waals surface area contributed by atoms with E-state index in [4.69, 9.17) is 0 Å². The monoisotopic (exact) mass is 355 g/mol. The Morgan fingerprint density at radius 3 is 2.72 bits per heavy atom. The molecule has 7 heteroatoms. The quantitative estimate of drug-likeness (QED) is 0.451. The number of hydrogen-bond donors (Lipinski definition) is 0. The lowest BCUT2D eigenvalue weighted by atomic mass is 10.2. The van der Waals surface area contributed by atoms with Gasteiger partial charge in [0.25, 0.3) is 0 Å². The van der Waals surface area contributed by atoms with Crippen molar-refractivity contribution in [2.75, 3.05) is 18.0 Å². The zero-order valence-electron chi connectivity index (χ0n) is 14.6. The number of rotatable bonds is 8. The molecule has 0 aliphatic heterocycles. The van der Waals surface area contributed by atoms with Gasteiger partial charge in [0.1, 0.15) is 12.4 Å². The van der Waals surface area contributed by atoms with Crippen LogP contribution in [0, 0.1) is 0 Å². The van der Waals surface area contributed by atoms with Crippen LogP contribution >= 0.6 is 11.3 Å². The lowest BCUT2D eigenvalue weighted by Crippen LogP contribution is -2.25. The molecule has 25 heavy (non-hydrogen) atoms. The molecule has 0 fully saturated rings. The Balaban J connectivity index is 1.55. The average Bonchev–Trinajstić information content (AvgIpc) is 3.29. The van der Waals surface area contributed by atoms with Crippen molar-refractivity contribution in [1.82, 2.24) is 9.55 Å². The summed E-state index contributed by atoms with van der Waals surface area (Å²) in [6.07, 6.45) is 9.12. The molecule has 0 saturated heterocycles. The van der Waals surface area contributed by atoms with Gasteiger partial charge in [-0.1, -0.05) is 0 Å². The maximum atomic E-state index is 4.23. The van der Waals surface area contributed by atoms with Crippen molar-refractivity contribution in [1.29, 1.82) is 0 Å². The van der Waals surface area contributed by atoms with E-state index in [2.05, 4.69) is 67.0 Å². The Morgan fingerprint density at radius 1 is 1.24 bits per heavy atom. The molecule has 0 spiro atoms. The molecule has 0 atom stereocenters.